The van der Waals surface area contributed by atoms with Gasteiger partial charge in [-0.25, -0.2) is 4.39 Å². The van der Waals surface area contributed by atoms with E-state index < -0.39 is 5.97 Å². The molecule has 0 fully saturated rings. The number of rotatable bonds is 4. The fourth-order valence-electron chi connectivity index (χ4n) is 0.918. The van der Waals surface area contributed by atoms with Gasteiger partial charge in [-0.2, -0.15) is 0 Å². The van der Waals surface area contributed by atoms with Crippen LogP contribution in [0.4, 0.5) is 10.1 Å². The van der Waals surface area contributed by atoms with E-state index in [1.165, 1.54) is 23.9 Å². The fraction of sp³-hybridized carbons (Fsp3) is 0.200. The van der Waals surface area contributed by atoms with Crippen LogP contribution in [0.2, 0.25) is 0 Å². The Bertz CT molecular complexity index is 381. The molecule has 0 saturated carbocycles. The molecule has 3 nitrogen and oxygen atoms in total. The van der Waals surface area contributed by atoms with E-state index in [0.29, 0.717) is 15.8 Å². The van der Waals surface area contributed by atoms with Crippen molar-refractivity contribution >= 4 is 40.0 Å². The maximum Gasteiger partial charge on any atom is 0.304 e. The Morgan fingerprint density at radius 2 is 2.06 bits per heavy atom. The van der Waals surface area contributed by atoms with Gasteiger partial charge in [-0.05, 0) is 24.3 Å². The molecule has 1 rings (SSSR count). The number of anilines is 1. The second kappa shape index (κ2) is 6.44. The first-order valence-electron chi connectivity index (χ1n) is 4.49. The van der Waals surface area contributed by atoms with Gasteiger partial charge in [0.1, 0.15) is 10.1 Å². The molecule has 1 aromatic carbocycles. The summed E-state index contributed by atoms with van der Waals surface area (Å²) in [6.07, 6.45) is 0.0654. The van der Waals surface area contributed by atoms with Crippen molar-refractivity contribution < 1.29 is 14.3 Å². The van der Waals surface area contributed by atoms with Crippen molar-refractivity contribution in [1.29, 1.82) is 0 Å². The zero-order valence-electron chi connectivity index (χ0n) is 8.27. The average Bonchev–Trinajstić information content (AvgIpc) is 2.21. The first kappa shape index (κ1) is 12.9. The summed E-state index contributed by atoms with van der Waals surface area (Å²) in [7, 11) is 0. The van der Waals surface area contributed by atoms with Crippen molar-refractivity contribution in [3.63, 3.8) is 0 Å². The summed E-state index contributed by atoms with van der Waals surface area (Å²) in [6, 6.07) is 5.79. The van der Waals surface area contributed by atoms with Crippen molar-refractivity contribution in [3.05, 3.63) is 30.1 Å². The maximum absolute atomic E-state index is 12.6. The summed E-state index contributed by atoms with van der Waals surface area (Å²) in [5.41, 5.74) is 0.689. The van der Waals surface area contributed by atoms with Crippen molar-refractivity contribution in [2.45, 2.75) is 6.42 Å². The molecule has 0 heterocycles. The Morgan fingerprint density at radius 1 is 1.44 bits per heavy atom. The number of thioether (sulfide) groups is 1. The van der Waals surface area contributed by atoms with Crippen molar-refractivity contribution in [2.75, 3.05) is 11.1 Å². The zero-order chi connectivity index (χ0) is 12.0. The van der Waals surface area contributed by atoms with E-state index in [1.807, 2.05) is 0 Å². The van der Waals surface area contributed by atoms with Gasteiger partial charge in [-0.15, -0.1) is 0 Å². The Balaban J connectivity index is 2.34. The Morgan fingerprint density at radius 3 is 2.62 bits per heavy atom. The third-order valence-corrected chi connectivity index (χ3v) is 2.87. The molecule has 16 heavy (non-hydrogen) atoms. The monoisotopic (exact) mass is 259 g/mol. The van der Waals surface area contributed by atoms with Gasteiger partial charge >= 0.3 is 5.97 Å². The molecular weight excluding hydrogens is 249 g/mol. The van der Waals surface area contributed by atoms with Crippen LogP contribution in [-0.2, 0) is 4.79 Å². The second-order valence-corrected chi connectivity index (χ2v) is 4.68. The first-order chi connectivity index (χ1) is 7.58. The van der Waals surface area contributed by atoms with Gasteiger partial charge in [0, 0.05) is 11.4 Å². The van der Waals surface area contributed by atoms with Gasteiger partial charge in [0.2, 0.25) is 0 Å². The molecule has 0 bridgehead atoms. The number of aliphatic carboxylic acids is 1. The van der Waals surface area contributed by atoms with E-state index in [2.05, 4.69) is 5.32 Å². The summed E-state index contributed by atoms with van der Waals surface area (Å²) in [4.78, 5) is 10.3. The van der Waals surface area contributed by atoms with Crippen LogP contribution in [0.5, 0.6) is 0 Å². The largest absolute Gasteiger partial charge is 0.481 e. The lowest BCUT2D eigenvalue weighted by Crippen LogP contribution is -2.06. The normalized spacial score (nSPS) is 9.81. The number of hydrogen-bond acceptors (Lipinski definition) is 3. The topological polar surface area (TPSA) is 49.3 Å². The first-order valence-corrected chi connectivity index (χ1v) is 5.88. The smallest absolute Gasteiger partial charge is 0.304 e. The molecule has 0 aromatic heterocycles. The van der Waals surface area contributed by atoms with Gasteiger partial charge in [0.15, 0.2) is 0 Å². The van der Waals surface area contributed by atoms with E-state index >= 15 is 0 Å². The summed E-state index contributed by atoms with van der Waals surface area (Å²) < 4.78 is 13.1. The number of halogens is 1. The standard InChI is InChI=1S/C10H10FNO2S2/c11-7-1-3-8(4-2-7)12-10(15)16-6-5-9(13)14/h1-4H,5-6H2,(H,12,15)(H,13,14). The van der Waals surface area contributed by atoms with Gasteiger partial charge in [0.05, 0.1) is 6.42 Å². The quantitative estimate of drug-likeness (QED) is 0.814. The molecule has 1 aromatic rings. The SMILES string of the molecule is O=C(O)CCSC(=S)Nc1ccc(F)cc1. The van der Waals surface area contributed by atoms with E-state index in [1.54, 1.807) is 12.1 Å². The lowest BCUT2D eigenvalue weighted by molar-refractivity contribution is -0.136. The van der Waals surface area contributed by atoms with Crippen molar-refractivity contribution in [3.8, 4) is 0 Å². The molecule has 0 unspecified atom stereocenters. The maximum atomic E-state index is 12.6. The van der Waals surface area contributed by atoms with Crippen LogP contribution in [0.25, 0.3) is 0 Å². The number of benzene rings is 1. The Labute approximate surface area is 102 Å². The van der Waals surface area contributed by atoms with Crippen LogP contribution in [0.1, 0.15) is 6.42 Å². The molecule has 0 amide bonds. The molecule has 0 aliphatic rings. The van der Waals surface area contributed by atoms with E-state index in [9.17, 15) is 9.18 Å². The van der Waals surface area contributed by atoms with Crippen LogP contribution in [0.3, 0.4) is 0 Å². The second-order valence-electron chi connectivity index (χ2n) is 2.91. The number of carboxylic acids is 1. The summed E-state index contributed by atoms with van der Waals surface area (Å²) in [5, 5.41) is 11.3. The molecule has 0 saturated heterocycles. The molecule has 2 N–H and O–H groups in total. The molecule has 6 heteroatoms. The Kier molecular flexibility index (Phi) is 5.21. The predicted octanol–water partition coefficient (Wildman–Crippen LogP) is 2.73. The molecule has 0 aliphatic heterocycles. The number of hydrogen-bond donors (Lipinski definition) is 2. The van der Waals surface area contributed by atoms with E-state index in [4.69, 9.17) is 17.3 Å². The number of carboxylic acid groups (broad SMARTS) is 1. The highest BCUT2D eigenvalue weighted by Crippen LogP contribution is 2.13. The Hall–Kier alpha value is -1.14. The van der Waals surface area contributed by atoms with Gasteiger partial charge in [-0.1, -0.05) is 24.0 Å². The minimum absolute atomic E-state index is 0.0654. The van der Waals surface area contributed by atoms with Crippen molar-refractivity contribution in [1.82, 2.24) is 0 Å². The third kappa shape index (κ3) is 5.09. The molecular formula is C10H10FNO2S2. The van der Waals surface area contributed by atoms with E-state index in [-0.39, 0.29) is 12.2 Å². The molecule has 0 radical (unpaired) electrons. The lowest BCUT2D eigenvalue weighted by atomic mass is 10.3. The van der Waals surface area contributed by atoms with Crippen LogP contribution in [0, 0.1) is 5.82 Å². The number of carbonyl (C=O) groups is 1. The third-order valence-electron chi connectivity index (χ3n) is 1.64. The van der Waals surface area contributed by atoms with E-state index in [0.717, 1.165) is 0 Å². The summed E-state index contributed by atoms with van der Waals surface area (Å²) in [6.45, 7) is 0. The zero-order valence-corrected chi connectivity index (χ0v) is 9.91. The van der Waals surface area contributed by atoms with Crippen LogP contribution >= 0.6 is 24.0 Å². The molecule has 0 aliphatic carbocycles. The highest BCUT2D eigenvalue weighted by molar-refractivity contribution is 8.23. The highest BCUT2D eigenvalue weighted by atomic mass is 32.2. The minimum Gasteiger partial charge on any atom is -0.481 e. The molecule has 0 spiro atoms. The summed E-state index contributed by atoms with van der Waals surface area (Å²) >= 11 is 6.24. The van der Waals surface area contributed by atoms with Gasteiger partial charge < -0.3 is 10.4 Å². The van der Waals surface area contributed by atoms with Gasteiger partial charge in [0.25, 0.3) is 0 Å². The van der Waals surface area contributed by atoms with Crippen LogP contribution in [0.15, 0.2) is 24.3 Å². The number of nitrogens with one attached hydrogen (secondary N) is 1. The van der Waals surface area contributed by atoms with Gasteiger partial charge in [-0.3, -0.25) is 4.79 Å². The molecule has 0 atom stereocenters. The van der Waals surface area contributed by atoms with Crippen LogP contribution in [-0.4, -0.2) is 21.1 Å². The average molecular weight is 259 g/mol. The lowest BCUT2D eigenvalue weighted by Gasteiger charge is -2.06. The highest BCUT2D eigenvalue weighted by Gasteiger charge is 2.01. The van der Waals surface area contributed by atoms with Crippen LogP contribution < -0.4 is 5.32 Å². The number of thiocarbonyl (C=S) groups is 1. The molecule has 86 valence electrons. The fourth-order valence-corrected chi connectivity index (χ4v) is 1.94. The summed E-state index contributed by atoms with van der Waals surface area (Å²) in [5.74, 6) is -0.741. The predicted molar refractivity (Wildman–Crippen MR) is 67.3 cm³/mol. The van der Waals surface area contributed by atoms with Crippen molar-refractivity contribution in [2.24, 2.45) is 0 Å². The minimum atomic E-state index is -0.850.